The first kappa shape index (κ1) is 17.0. The van der Waals surface area contributed by atoms with Crippen molar-refractivity contribution in [2.75, 3.05) is 0 Å². The Kier molecular flexibility index (Phi) is 8.31. The van der Waals surface area contributed by atoms with Gasteiger partial charge in [0, 0.05) is 13.8 Å². The topological polar surface area (TPSA) is 52.6 Å². The zero-order chi connectivity index (χ0) is 14.8. The zero-order valence-corrected chi connectivity index (χ0v) is 12.9. The molecule has 0 amide bonds. The van der Waals surface area contributed by atoms with Gasteiger partial charge in [0.2, 0.25) is 0 Å². The third-order valence-electron chi connectivity index (χ3n) is 3.77. The summed E-state index contributed by atoms with van der Waals surface area (Å²) in [6, 6.07) is 0. The minimum absolute atomic E-state index is 0.0323. The third-order valence-corrected chi connectivity index (χ3v) is 3.77. The molecule has 0 heterocycles. The van der Waals surface area contributed by atoms with Gasteiger partial charge in [-0.2, -0.15) is 0 Å². The second-order valence-electron chi connectivity index (χ2n) is 5.74. The van der Waals surface area contributed by atoms with Crippen LogP contribution in [0.4, 0.5) is 0 Å². The summed E-state index contributed by atoms with van der Waals surface area (Å²) in [6.07, 6.45) is 10.5. The van der Waals surface area contributed by atoms with E-state index in [0.29, 0.717) is 0 Å². The molecule has 0 bridgehead atoms. The fourth-order valence-corrected chi connectivity index (χ4v) is 2.84. The van der Waals surface area contributed by atoms with Crippen LogP contribution in [0.15, 0.2) is 0 Å². The third kappa shape index (κ3) is 8.18. The first-order chi connectivity index (χ1) is 9.58. The van der Waals surface area contributed by atoms with Gasteiger partial charge >= 0.3 is 11.9 Å². The summed E-state index contributed by atoms with van der Waals surface area (Å²) < 4.78 is 10.7. The highest BCUT2D eigenvalue weighted by molar-refractivity contribution is 5.66. The summed E-state index contributed by atoms with van der Waals surface area (Å²) in [5.41, 5.74) is 0. The number of carbonyl (C=O) groups excluding carboxylic acids is 2. The van der Waals surface area contributed by atoms with Crippen LogP contribution >= 0.6 is 0 Å². The molecule has 20 heavy (non-hydrogen) atoms. The lowest BCUT2D eigenvalue weighted by Crippen LogP contribution is -2.20. The van der Waals surface area contributed by atoms with E-state index in [-0.39, 0.29) is 24.1 Å². The molecule has 0 aromatic carbocycles. The molecular weight excluding hydrogens is 256 g/mol. The van der Waals surface area contributed by atoms with Crippen molar-refractivity contribution in [1.29, 1.82) is 0 Å². The van der Waals surface area contributed by atoms with Gasteiger partial charge in [-0.1, -0.05) is 19.3 Å². The van der Waals surface area contributed by atoms with E-state index >= 15 is 0 Å². The highest BCUT2D eigenvalue weighted by Crippen LogP contribution is 2.20. The molecule has 0 aromatic rings. The lowest BCUT2D eigenvalue weighted by molar-refractivity contribution is -0.147. The second kappa shape index (κ2) is 9.78. The fraction of sp³-hybridized carbons (Fsp3) is 0.875. The minimum atomic E-state index is -0.196. The molecule has 0 saturated heterocycles. The van der Waals surface area contributed by atoms with Gasteiger partial charge in [0.15, 0.2) is 0 Å². The van der Waals surface area contributed by atoms with Crippen molar-refractivity contribution in [3.8, 4) is 0 Å². The summed E-state index contributed by atoms with van der Waals surface area (Å²) in [6.45, 7) is 2.94. The molecule has 116 valence electrons. The fourth-order valence-electron chi connectivity index (χ4n) is 2.84. The average Bonchev–Trinajstić information content (AvgIpc) is 2.33. The Bertz CT molecular complexity index is 273. The maximum absolute atomic E-state index is 11.1. The highest BCUT2D eigenvalue weighted by Gasteiger charge is 2.16. The lowest BCUT2D eigenvalue weighted by atomic mass is 9.98. The van der Waals surface area contributed by atoms with Crippen molar-refractivity contribution in [2.24, 2.45) is 0 Å². The normalized spacial score (nSPS) is 25.9. The molecule has 2 atom stereocenters. The van der Waals surface area contributed by atoms with Gasteiger partial charge in [-0.3, -0.25) is 9.59 Å². The molecule has 0 N–H and O–H groups in total. The number of esters is 2. The molecule has 4 nitrogen and oxygen atoms in total. The predicted octanol–water partition coefficient (Wildman–Crippen LogP) is 3.76. The molecular formula is C16H28O4. The molecule has 1 aliphatic rings. The van der Waals surface area contributed by atoms with Crippen LogP contribution < -0.4 is 0 Å². The van der Waals surface area contributed by atoms with Crippen LogP contribution in [-0.4, -0.2) is 24.1 Å². The van der Waals surface area contributed by atoms with Crippen LogP contribution in [0.1, 0.15) is 78.1 Å². The monoisotopic (exact) mass is 284 g/mol. The number of ether oxygens (including phenoxy) is 2. The highest BCUT2D eigenvalue weighted by atomic mass is 16.5. The first-order valence-electron chi connectivity index (χ1n) is 7.92. The molecule has 0 unspecified atom stereocenters. The van der Waals surface area contributed by atoms with Crippen LogP contribution in [-0.2, 0) is 19.1 Å². The Labute approximate surface area is 122 Å². The summed E-state index contributed by atoms with van der Waals surface area (Å²) in [7, 11) is 0. The molecule has 0 spiro atoms. The Morgan fingerprint density at radius 2 is 1.00 bits per heavy atom. The molecule has 1 rings (SSSR count). The van der Waals surface area contributed by atoms with E-state index in [9.17, 15) is 9.59 Å². The van der Waals surface area contributed by atoms with Crippen LogP contribution in [0.25, 0.3) is 0 Å². The first-order valence-corrected chi connectivity index (χ1v) is 7.92. The molecule has 4 heteroatoms. The molecule has 0 aromatic heterocycles. The Hall–Kier alpha value is -1.06. The van der Waals surface area contributed by atoms with E-state index < -0.39 is 0 Å². The van der Waals surface area contributed by atoms with Crippen LogP contribution in [0, 0.1) is 0 Å². The molecule has 1 aliphatic carbocycles. The van der Waals surface area contributed by atoms with Gasteiger partial charge in [-0.15, -0.1) is 0 Å². The van der Waals surface area contributed by atoms with E-state index in [2.05, 4.69) is 0 Å². The molecule has 0 radical (unpaired) electrons. The largest absolute Gasteiger partial charge is 0.463 e. The number of carbonyl (C=O) groups is 2. The average molecular weight is 284 g/mol. The van der Waals surface area contributed by atoms with Gasteiger partial charge < -0.3 is 9.47 Å². The summed E-state index contributed by atoms with van der Waals surface area (Å²) in [5, 5.41) is 0. The number of rotatable bonds is 2. The maximum atomic E-state index is 11.1. The zero-order valence-electron chi connectivity index (χ0n) is 12.9. The van der Waals surface area contributed by atoms with Crippen molar-refractivity contribution in [2.45, 2.75) is 90.3 Å². The van der Waals surface area contributed by atoms with E-state index in [0.717, 1.165) is 44.9 Å². The van der Waals surface area contributed by atoms with Gasteiger partial charge in [0.25, 0.3) is 0 Å². The van der Waals surface area contributed by atoms with E-state index in [1.165, 1.54) is 33.1 Å². The number of hydrogen-bond donors (Lipinski definition) is 0. The van der Waals surface area contributed by atoms with E-state index in [4.69, 9.17) is 9.47 Å². The number of hydrogen-bond acceptors (Lipinski definition) is 4. The van der Waals surface area contributed by atoms with Crippen molar-refractivity contribution in [1.82, 2.24) is 0 Å². The Morgan fingerprint density at radius 3 is 1.40 bits per heavy atom. The lowest BCUT2D eigenvalue weighted by Gasteiger charge is -2.21. The van der Waals surface area contributed by atoms with Gasteiger partial charge in [0.1, 0.15) is 12.2 Å². The van der Waals surface area contributed by atoms with Crippen LogP contribution in [0.3, 0.4) is 0 Å². The van der Waals surface area contributed by atoms with Gasteiger partial charge in [-0.05, 0) is 44.9 Å². The van der Waals surface area contributed by atoms with Crippen molar-refractivity contribution >= 4 is 11.9 Å². The Balaban J connectivity index is 2.46. The van der Waals surface area contributed by atoms with Gasteiger partial charge in [-0.25, -0.2) is 0 Å². The summed E-state index contributed by atoms with van der Waals surface area (Å²) in [5.74, 6) is -0.391. The smallest absolute Gasteiger partial charge is 0.302 e. The van der Waals surface area contributed by atoms with Crippen LogP contribution in [0.2, 0.25) is 0 Å². The Morgan fingerprint density at radius 1 is 0.650 bits per heavy atom. The minimum Gasteiger partial charge on any atom is -0.463 e. The molecule has 1 fully saturated rings. The molecule has 0 aliphatic heterocycles. The summed E-state index contributed by atoms with van der Waals surface area (Å²) in [4.78, 5) is 22.2. The van der Waals surface area contributed by atoms with Gasteiger partial charge in [0.05, 0.1) is 0 Å². The standard InChI is InChI=1S/C16H28O4/c1-13(17)19-15-9-6-4-3-5-7-10-16(12-8-11-15)20-14(2)18/h15-16H,3-12H2,1-2H3/t15-,16+. The van der Waals surface area contributed by atoms with Crippen LogP contribution in [0.5, 0.6) is 0 Å². The van der Waals surface area contributed by atoms with Crippen molar-refractivity contribution in [3.63, 3.8) is 0 Å². The molecule has 1 saturated carbocycles. The quantitative estimate of drug-likeness (QED) is 0.724. The SMILES string of the molecule is CC(=O)O[C@@H]1CCCCCCC[C@H](OC(C)=O)CCC1. The summed E-state index contributed by atoms with van der Waals surface area (Å²) >= 11 is 0. The van der Waals surface area contributed by atoms with Crippen molar-refractivity contribution < 1.29 is 19.1 Å². The maximum Gasteiger partial charge on any atom is 0.302 e. The van der Waals surface area contributed by atoms with Crippen molar-refractivity contribution in [3.05, 3.63) is 0 Å². The van der Waals surface area contributed by atoms with E-state index in [1.807, 2.05) is 0 Å². The predicted molar refractivity (Wildman–Crippen MR) is 77.3 cm³/mol. The second-order valence-corrected chi connectivity index (χ2v) is 5.74. The van der Waals surface area contributed by atoms with E-state index in [1.54, 1.807) is 0 Å².